The number of halogens is 1. The average molecular weight is 504 g/mol. The number of rotatable bonds is 7. The van der Waals surface area contributed by atoms with Gasteiger partial charge in [-0.25, -0.2) is 4.98 Å². The van der Waals surface area contributed by atoms with E-state index in [1.165, 1.54) is 33.6 Å². The van der Waals surface area contributed by atoms with Gasteiger partial charge in [0.1, 0.15) is 11.6 Å². The molecule has 1 aromatic heterocycles. The number of fused-ring (bicyclic) bond motifs is 1. The lowest BCUT2D eigenvalue weighted by molar-refractivity contribution is 0.412. The van der Waals surface area contributed by atoms with Crippen LogP contribution >= 0.6 is 28.0 Å². The summed E-state index contributed by atoms with van der Waals surface area (Å²) in [7, 11) is 1.65. The number of hydrogen-bond acceptors (Lipinski definition) is 5. The van der Waals surface area contributed by atoms with Gasteiger partial charge in [0, 0.05) is 6.07 Å². The van der Waals surface area contributed by atoms with Crippen LogP contribution in [0.5, 0.6) is 11.6 Å². The van der Waals surface area contributed by atoms with Crippen LogP contribution < -0.4 is 8.92 Å². The molecular weight excluding hydrogens is 472 g/mol. The summed E-state index contributed by atoms with van der Waals surface area (Å²) in [4.78, 5) is 10.3. The molecule has 2 aromatic carbocycles. The summed E-state index contributed by atoms with van der Waals surface area (Å²) in [5.74, 6) is 3.23. The highest BCUT2D eigenvalue weighted by Gasteiger charge is 2.20. The third kappa shape index (κ3) is 5.17. The number of aryl methyl sites for hydroxylation is 1. The zero-order chi connectivity index (χ0) is 22.9. The van der Waals surface area contributed by atoms with Crippen molar-refractivity contribution < 1.29 is 8.92 Å². The molecule has 6 heteroatoms. The fourth-order valence-electron chi connectivity index (χ4n) is 3.50. The summed E-state index contributed by atoms with van der Waals surface area (Å²) < 4.78 is 12.6. The first-order chi connectivity index (χ1) is 14.6. The van der Waals surface area contributed by atoms with Gasteiger partial charge < -0.3 is 8.92 Å². The molecule has 31 heavy (non-hydrogen) atoms. The fraction of sp³-hybridized carbons (Fsp3) is 0.440. The van der Waals surface area contributed by atoms with Crippen molar-refractivity contribution in [2.45, 2.75) is 71.1 Å². The van der Waals surface area contributed by atoms with Crippen molar-refractivity contribution >= 4 is 38.9 Å². The normalized spacial score (nSPS) is 11.7. The molecule has 0 aliphatic carbocycles. The van der Waals surface area contributed by atoms with E-state index in [1.807, 2.05) is 19.1 Å². The number of hydrogen-bond donors (Lipinski definition) is 0. The van der Waals surface area contributed by atoms with Crippen LogP contribution in [0.25, 0.3) is 10.9 Å². The number of aromatic nitrogens is 2. The smallest absolute Gasteiger partial charge is 0.239 e. The molecule has 3 rings (SSSR count). The Balaban J connectivity index is 2.08. The Hall–Kier alpha value is -1.79. The molecule has 0 radical (unpaired) electrons. The van der Waals surface area contributed by atoms with Crippen LogP contribution in [0.4, 0.5) is 0 Å². The Morgan fingerprint density at radius 1 is 0.871 bits per heavy atom. The molecule has 0 amide bonds. The molecule has 166 valence electrons. The molecule has 0 fully saturated rings. The fourth-order valence-corrected chi connectivity index (χ4v) is 5.08. The summed E-state index contributed by atoms with van der Waals surface area (Å²) in [5.41, 5.74) is 4.80. The third-order valence-corrected chi connectivity index (χ3v) is 6.83. The lowest BCUT2D eigenvalue weighted by Crippen LogP contribution is -2.04. The molecule has 0 atom stereocenters. The van der Waals surface area contributed by atoms with Gasteiger partial charge in [-0.15, -0.1) is 0 Å². The first-order valence-corrected chi connectivity index (χ1v) is 12.2. The van der Waals surface area contributed by atoms with Crippen molar-refractivity contribution in [2.75, 3.05) is 7.11 Å². The van der Waals surface area contributed by atoms with Gasteiger partial charge in [0.05, 0.1) is 39.4 Å². The lowest BCUT2D eigenvalue weighted by Gasteiger charge is -2.22. The summed E-state index contributed by atoms with van der Waals surface area (Å²) in [6.07, 6.45) is 0. The summed E-state index contributed by atoms with van der Waals surface area (Å²) in [6.45, 7) is 15.3. The van der Waals surface area contributed by atoms with E-state index in [1.54, 1.807) is 7.11 Å². The molecule has 0 aliphatic heterocycles. The maximum Gasteiger partial charge on any atom is 0.239 e. The van der Waals surface area contributed by atoms with Crippen molar-refractivity contribution in [3.05, 3.63) is 51.3 Å². The summed E-state index contributed by atoms with van der Waals surface area (Å²) in [6, 6.07) is 8.52. The molecule has 1 heterocycles. The highest BCUT2D eigenvalue weighted by Crippen LogP contribution is 2.40. The second-order valence-corrected chi connectivity index (χ2v) is 10.3. The first kappa shape index (κ1) is 23.9. The van der Waals surface area contributed by atoms with Crippen molar-refractivity contribution in [1.29, 1.82) is 0 Å². The molecule has 0 spiro atoms. The molecule has 0 aliphatic rings. The predicted molar refractivity (Wildman–Crippen MR) is 134 cm³/mol. The lowest BCUT2D eigenvalue weighted by atomic mass is 9.89. The van der Waals surface area contributed by atoms with Crippen LogP contribution in [0.3, 0.4) is 0 Å². The summed E-state index contributed by atoms with van der Waals surface area (Å²) >= 11 is 4.97. The largest absolute Gasteiger partial charge is 0.495 e. The second-order valence-electron chi connectivity index (χ2n) is 8.74. The van der Waals surface area contributed by atoms with Gasteiger partial charge in [0.15, 0.2) is 0 Å². The van der Waals surface area contributed by atoms with Gasteiger partial charge in [0.25, 0.3) is 0 Å². The minimum Gasteiger partial charge on any atom is -0.495 e. The van der Waals surface area contributed by atoms with Gasteiger partial charge in [-0.3, -0.25) is 0 Å². The van der Waals surface area contributed by atoms with E-state index in [4.69, 9.17) is 8.92 Å². The van der Waals surface area contributed by atoms with E-state index < -0.39 is 0 Å². The molecule has 0 bridgehead atoms. The molecule has 3 aromatic rings. The SMILES string of the molecule is COc1cc2nc(C)nc(OSc3c(C(C)C)cc(C(C)C)cc3C(C)C)c2cc1Br. The quantitative estimate of drug-likeness (QED) is 0.304. The molecule has 0 unspecified atom stereocenters. The Morgan fingerprint density at radius 3 is 2.00 bits per heavy atom. The van der Waals surface area contributed by atoms with E-state index >= 15 is 0 Å². The minimum absolute atomic E-state index is 0.393. The van der Waals surface area contributed by atoms with Gasteiger partial charge in [-0.2, -0.15) is 4.98 Å². The van der Waals surface area contributed by atoms with Crippen LogP contribution in [0, 0.1) is 6.92 Å². The van der Waals surface area contributed by atoms with Crippen molar-refractivity contribution in [1.82, 2.24) is 9.97 Å². The molecule has 0 saturated heterocycles. The monoisotopic (exact) mass is 502 g/mol. The minimum atomic E-state index is 0.393. The average Bonchev–Trinajstić information content (AvgIpc) is 2.70. The second kappa shape index (κ2) is 9.78. The van der Waals surface area contributed by atoms with E-state index in [0.717, 1.165) is 21.1 Å². The molecule has 4 nitrogen and oxygen atoms in total. The number of methoxy groups -OCH3 is 1. The van der Waals surface area contributed by atoms with Crippen LogP contribution in [0.15, 0.2) is 33.6 Å². The topological polar surface area (TPSA) is 44.2 Å². The molecular formula is C25H31BrN2O2S. The predicted octanol–water partition coefficient (Wildman–Crippen LogP) is 8.17. The molecule has 0 saturated carbocycles. The van der Waals surface area contributed by atoms with Gasteiger partial charge in [0.2, 0.25) is 5.88 Å². The van der Waals surface area contributed by atoms with Gasteiger partial charge in [-0.1, -0.05) is 53.7 Å². The maximum atomic E-state index is 6.30. The Morgan fingerprint density at radius 2 is 1.48 bits per heavy atom. The Bertz CT molecular complexity index is 1070. The maximum absolute atomic E-state index is 6.30. The van der Waals surface area contributed by atoms with Gasteiger partial charge in [-0.05, 0) is 63.4 Å². The van der Waals surface area contributed by atoms with E-state index in [0.29, 0.717) is 29.5 Å². The zero-order valence-electron chi connectivity index (χ0n) is 19.5. The zero-order valence-corrected chi connectivity index (χ0v) is 21.9. The highest BCUT2D eigenvalue weighted by molar-refractivity contribution is 9.10. The Labute approximate surface area is 198 Å². The number of benzene rings is 2. The number of nitrogens with zero attached hydrogens (tertiary/aromatic N) is 2. The highest BCUT2D eigenvalue weighted by atomic mass is 79.9. The summed E-state index contributed by atoms with van der Waals surface area (Å²) in [5, 5.41) is 0.849. The van der Waals surface area contributed by atoms with Gasteiger partial charge >= 0.3 is 0 Å². The standard InChI is InChI=1S/C25H31BrN2O2S/c1-13(2)17-9-18(14(3)4)24(19(10-17)15(5)6)31-30-25-20-11-21(26)23(29-8)12-22(20)27-16(7)28-25/h9-15H,1-8H3. The first-order valence-electron chi connectivity index (χ1n) is 10.7. The van der Waals surface area contributed by atoms with Crippen LogP contribution in [-0.4, -0.2) is 17.1 Å². The Kier molecular flexibility index (Phi) is 7.53. The van der Waals surface area contributed by atoms with Crippen molar-refractivity contribution in [3.63, 3.8) is 0 Å². The van der Waals surface area contributed by atoms with Crippen molar-refractivity contribution in [3.8, 4) is 11.6 Å². The third-order valence-electron chi connectivity index (χ3n) is 5.33. The van der Waals surface area contributed by atoms with Crippen LogP contribution in [-0.2, 0) is 0 Å². The van der Waals surface area contributed by atoms with Crippen molar-refractivity contribution in [2.24, 2.45) is 0 Å². The van der Waals surface area contributed by atoms with Crippen LogP contribution in [0.1, 0.15) is 81.8 Å². The number of ether oxygens (including phenoxy) is 1. The van der Waals surface area contributed by atoms with Crippen LogP contribution in [0.2, 0.25) is 0 Å². The van der Waals surface area contributed by atoms with E-state index in [9.17, 15) is 0 Å². The molecule has 0 N–H and O–H groups in total. The van der Waals surface area contributed by atoms with E-state index in [2.05, 4.69) is 79.6 Å². The van der Waals surface area contributed by atoms with E-state index in [-0.39, 0.29) is 0 Å².